The molecule has 11 heteroatoms. The van der Waals surface area contributed by atoms with E-state index in [4.69, 9.17) is 20.9 Å². The van der Waals surface area contributed by atoms with E-state index in [0.29, 0.717) is 10.8 Å². The Morgan fingerprint density at radius 2 is 2.00 bits per heavy atom. The van der Waals surface area contributed by atoms with Crippen molar-refractivity contribution in [3.63, 3.8) is 0 Å². The van der Waals surface area contributed by atoms with Gasteiger partial charge >= 0.3 is 10.4 Å². The number of Topliss-reactive ketones (excluding diaryl/α,β-unsaturated/α-hetero) is 1. The summed E-state index contributed by atoms with van der Waals surface area (Å²) in [6.45, 7) is 2.34. The molecule has 1 N–H and O–H groups in total. The second kappa shape index (κ2) is 7.48. The van der Waals surface area contributed by atoms with Crippen molar-refractivity contribution in [2.75, 3.05) is 6.61 Å². The number of ether oxygens (including phenoxy) is 1. The number of carbonyl (C=O) groups is 1. The van der Waals surface area contributed by atoms with Crippen LogP contribution in [0, 0.1) is 5.41 Å². The van der Waals surface area contributed by atoms with Gasteiger partial charge in [0.05, 0.1) is 12.0 Å². The second-order valence-electron chi connectivity index (χ2n) is 5.74. The van der Waals surface area contributed by atoms with Crippen molar-refractivity contribution in [3.05, 3.63) is 41.9 Å². The van der Waals surface area contributed by atoms with Crippen molar-refractivity contribution in [2.24, 2.45) is 5.41 Å². The van der Waals surface area contributed by atoms with Crippen LogP contribution in [0.3, 0.4) is 0 Å². The van der Waals surface area contributed by atoms with E-state index >= 15 is 0 Å². The highest BCUT2D eigenvalue weighted by Gasteiger charge is 2.38. The summed E-state index contributed by atoms with van der Waals surface area (Å²) in [5.41, 5.74) is -1.31. The number of halogens is 1. The fourth-order valence-electron chi connectivity index (χ4n) is 1.84. The van der Waals surface area contributed by atoms with Gasteiger partial charge in [0.1, 0.15) is 18.4 Å². The molecule has 0 saturated carbocycles. The van der Waals surface area contributed by atoms with E-state index < -0.39 is 34.4 Å². The number of benzene rings is 1. The summed E-state index contributed by atoms with van der Waals surface area (Å²) in [6.07, 6.45) is 1.30. The van der Waals surface area contributed by atoms with Crippen LogP contribution in [0.1, 0.15) is 20.1 Å². The van der Waals surface area contributed by atoms with E-state index in [1.165, 1.54) is 31.2 Å². The van der Waals surface area contributed by atoms with Gasteiger partial charge in [-0.05, 0) is 24.3 Å². The van der Waals surface area contributed by atoms with E-state index in [2.05, 4.69) is 14.3 Å². The zero-order valence-electron chi connectivity index (χ0n) is 13.4. The topological polar surface area (TPSA) is 121 Å². The SMILES string of the molecule is CC(C)(COS(=O)(=O)O)C(=O)C(Oc1ccc(Cl)cc1)n1cncn1. The van der Waals surface area contributed by atoms with E-state index in [-0.39, 0.29) is 0 Å². The molecule has 1 atom stereocenters. The summed E-state index contributed by atoms with van der Waals surface area (Å²) in [7, 11) is -4.68. The Kier molecular flexibility index (Phi) is 5.78. The maximum absolute atomic E-state index is 12.9. The van der Waals surface area contributed by atoms with Crippen molar-refractivity contribution in [3.8, 4) is 5.75 Å². The zero-order chi connectivity index (χ0) is 18.7. The van der Waals surface area contributed by atoms with Crippen molar-refractivity contribution in [1.82, 2.24) is 14.8 Å². The van der Waals surface area contributed by atoms with Crippen LogP contribution in [-0.2, 0) is 19.4 Å². The van der Waals surface area contributed by atoms with Crippen molar-refractivity contribution < 1.29 is 26.7 Å². The molecule has 0 radical (unpaired) electrons. The minimum Gasteiger partial charge on any atom is -0.461 e. The highest BCUT2D eigenvalue weighted by molar-refractivity contribution is 7.80. The van der Waals surface area contributed by atoms with Crippen LogP contribution in [0.15, 0.2) is 36.9 Å². The van der Waals surface area contributed by atoms with Crippen molar-refractivity contribution in [1.29, 1.82) is 0 Å². The summed E-state index contributed by atoms with van der Waals surface area (Å²) in [4.78, 5) is 16.6. The number of ketones is 1. The first-order chi connectivity index (χ1) is 11.6. The van der Waals surface area contributed by atoms with Gasteiger partial charge < -0.3 is 4.74 Å². The lowest BCUT2D eigenvalue weighted by atomic mass is 9.88. The first-order valence-electron chi connectivity index (χ1n) is 7.01. The molecule has 0 aliphatic heterocycles. The third kappa shape index (κ3) is 5.49. The van der Waals surface area contributed by atoms with E-state index in [1.54, 1.807) is 24.3 Å². The lowest BCUT2D eigenvalue weighted by Crippen LogP contribution is -2.39. The third-order valence-electron chi connectivity index (χ3n) is 3.20. The monoisotopic (exact) mass is 389 g/mol. The van der Waals surface area contributed by atoms with Crippen LogP contribution >= 0.6 is 11.6 Å². The van der Waals surface area contributed by atoms with Gasteiger partial charge in [-0.25, -0.2) is 13.8 Å². The molecule has 1 aromatic carbocycles. The average molecular weight is 390 g/mol. The lowest BCUT2D eigenvalue weighted by Gasteiger charge is -2.27. The number of aromatic nitrogens is 3. The number of carbonyl (C=O) groups excluding carboxylic acids is 1. The number of rotatable bonds is 8. The van der Waals surface area contributed by atoms with Crippen LogP contribution in [0.25, 0.3) is 0 Å². The number of hydrogen-bond donors (Lipinski definition) is 1. The van der Waals surface area contributed by atoms with Gasteiger partial charge in [-0.3, -0.25) is 9.35 Å². The Hall–Kier alpha value is -2.01. The summed E-state index contributed by atoms with van der Waals surface area (Å²) in [6, 6.07) is 6.32. The standard InChI is InChI=1S/C14H16ClN3O6S/c1-14(2,7-23-25(20,21)22)12(19)13(18-9-16-8-17-18)24-11-5-3-10(15)4-6-11/h3-6,8-9,13H,7H2,1-2H3,(H,20,21,22). The van der Waals surface area contributed by atoms with Crippen LogP contribution in [-0.4, -0.2) is 40.1 Å². The van der Waals surface area contributed by atoms with E-state index in [0.717, 1.165) is 0 Å². The summed E-state index contributed by atoms with van der Waals surface area (Å²) >= 11 is 5.82. The third-order valence-corrected chi connectivity index (χ3v) is 3.87. The fraction of sp³-hybridized carbons (Fsp3) is 0.357. The predicted molar refractivity (Wildman–Crippen MR) is 87.4 cm³/mol. The first kappa shape index (κ1) is 19.3. The molecule has 0 fully saturated rings. The lowest BCUT2D eigenvalue weighted by molar-refractivity contribution is -0.140. The average Bonchev–Trinajstić information content (AvgIpc) is 3.05. The van der Waals surface area contributed by atoms with Gasteiger partial charge in [-0.2, -0.15) is 13.5 Å². The molecule has 1 unspecified atom stereocenters. The number of nitrogens with zero attached hydrogens (tertiary/aromatic N) is 3. The van der Waals surface area contributed by atoms with Crippen LogP contribution in [0.2, 0.25) is 5.02 Å². The Labute approximate surface area is 149 Å². The zero-order valence-corrected chi connectivity index (χ0v) is 14.9. The highest BCUT2D eigenvalue weighted by atomic mass is 35.5. The highest BCUT2D eigenvalue weighted by Crippen LogP contribution is 2.28. The minimum atomic E-state index is -4.68. The molecule has 1 aromatic heterocycles. The first-order valence-corrected chi connectivity index (χ1v) is 8.75. The molecule has 0 amide bonds. The quantitative estimate of drug-likeness (QED) is 0.680. The Morgan fingerprint density at radius 1 is 1.36 bits per heavy atom. The predicted octanol–water partition coefficient (Wildman–Crippen LogP) is 1.92. The molecule has 0 aliphatic carbocycles. The largest absolute Gasteiger partial charge is 0.461 e. The molecule has 25 heavy (non-hydrogen) atoms. The summed E-state index contributed by atoms with van der Waals surface area (Å²) < 4.78 is 41.5. The van der Waals surface area contributed by atoms with Crippen LogP contribution in [0.4, 0.5) is 0 Å². The molecule has 9 nitrogen and oxygen atoms in total. The molecular weight excluding hydrogens is 374 g/mol. The smallest absolute Gasteiger partial charge is 0.397 e. The van der Waals surface area contributed by atoms with Gasteiger partial charge in [0.15, 0.2) is 0 Å². The normalized spacial score (nSPS) is 13.4. The van der Waals surface area contributed by atoms with E-state index in [1.807, 2.05) is 0 Å². The summed E-state index contributed by atoms with van der Waals surface area (Å²) in [5, 5.41) is 4.40. The van der Waals surface area contributed by atoms with Crippen LogP contribution in [0.5, 0.6) is 5.75 Å². The minimum absolute atomic E-state index is 0.352. The Bertz CT molecular complexity index is 821. The molecule has 1 heterocycles. The maximum atomic E-state index is 12.9. The van der Waals surface area contributed by atoms with Gasteiger partial charge in [-0.15, -0.1) is 0 Å². The molecule has 2 rings (SSSR count). The Balaban J connectivity index is 2.25. The summed E-state index contributed by atoms with van der Waals surface area (Å²) in [5.74, 6) is -0.179. The molecule has 0 spiro atoms. The number of hydrogen-bond acceptors (Lipinski definition) is 7. The van der Waals surface area contributed by atoms with Gasteiger partial charge in [0.2, 0.25) is 5.78 Å². The fourth-order valence-corrected chi connectivity index (χ4v) is 2.40. The van der Waals surface area contributed by atoms with Gasteiger partial charge in [-0.1, -0.05) is 25.4 Å². The molecule has 2 aromatic rings. The Morgan fingerprint density at radius 3 is 2.52 bits per heavy atom. The van der Waals surface area contributed by atoms with Gasteiger partial charge in [0, 0.05) is 5.02 Å². The molecule has 0 bridgehead atoms. The molecule has 0 saturated heterocycles. The van der Waals surface area contributed by atoms with Crippen molar-refractivity contribution in [2.45, 2.75) is 20.1 Å². The van der Waals surface area contributed by atoms with Crippen molar-refractivity contribution >= 4 is 27.8 Å². The maximum Gasteiger partial charge on any atom is 0.397 e. The molecule has 136 valence electrons. The van der Waals surface area contributed by atoms with Crippen LogP contribution < -0.4 is 4.74 Å². The molecular formula is C14H16ClN3O6S. The molecule has 0 aliphatic rings. The van der Waals surface area contributed by atoms with Gasteiger partial charge in [0.25, 0.3) is 6.23 Å². The van der Waals surface area contributed by atoms with E-state index in [9.17, 15) is 13.2 Å². The second-order valence-corrected chi connectivity index (χ2v) is 7.27.